The van der Waals surface area contributed by atoms with Gasteiger partial charge in [-0.25, -0.2) is 0 Å². The minimum Gasteiger partial charge on any atom is -0.348 e. The van der Waals surface area contributed by atoms with Crippen molar-refractivity contribution >= 4 is 29.3 Å². The first-order valence-corrected chi connectivity index (χ1v) is 8.45. The van der Waals surface area contributed by atoms with Gasteiger partial charge in [0.1, 0.15) is 0 Å². The van der Waals surface area contributed by atoms with Crippen molar-refractivity contribution in [3.8, 4) is 0 Å². The van der Waals surface area contributed by atoms with Crippen LogP contribution >= 0.6 is 11.8 Å². The predicted octanol–water partition coefficient (Wildman–Crippen LogP) is 2.14. The topological polar surface area (TPSA) is 76.0 Å². The van der Waals surface area contributed by atoms with Crippen molar-refractivity contribution in [2.24, 2.45) is 0 Å². The Kier molecular flexibility index (Phi) is 4.66. The van der Waals surface area contributed by atoms with E-state index in [2.05, 4.69) is 15.7 Å². The Morgan fingerprint density at radius 1 is 1.52 bits per heavy atom. The van der Waals surface area contributed by atoms with E-state index in [1.807, 2.05) is 25.3 Å². The van der Waals surface area contributed by atoms with E-state index in [1.54, 1.807) is 34.8 Å². The first kappa shape index (κ1) is 15.6. The monoisotopic (exact) mass is 330 g/mol. The molecule has 0 saturated carbocycles. The van der Waals surface area contributed by atoms with Gasteiger partial charge in [-0.3, -0.25) is 14.3 Å². The quantitative estimate of drug-likeness (QED) is 0.900. The van der Waals surface area contributed by atoms with Crippen molar-refractivity contribution in [2.45, 2.75) is 30.8 Å². The lowest BCUT2D eigenvalue weighted by molar-refractivity contribution is -0.115. The average molecular weight is 330 g/mol. The number of nitrogens with one attached hydrogen (secondary N) is 2. The van der Waals surface area contributed by atoms with Crippen molar-refractivity contribution in [1.82, 2.24) is 15.1 Å². The van der Waals surface area contributed by atoms with E-state index < -0.39 is 0 Å². The van der Waals surface area contributed by atoms with Crippen LogP contribution in [0.1, 0.15) is 23.7 Å². The molecule has 1 aromatic carbocycles. The van der Waals surface area contributed by atoms with Crippen molar-refractivity contribution in [3.63, 3.8) is 0 Å². The molecule has 1 atom stereocenters. The van der Waals surface area contributed by atoms with Gasteiger partial charge in [-0.2, -0.15) is 5.10 Å². The summed E-state index contributed by atoms with van der Waals surface area (Å²) in [6, 6.07) is 7.21. The zero-order chi connectivity index (χ0) is 16.2. The van der Waals surface area contributed by atoms with E-state index in [9.17, 15) is 9.59 Å². The van der Waals surface area contributed by atoms with E-state index in [0.29, 0.717) is 24.2 Å². The highest BCUT2D eigenvalue weighted by Gasteiger charge is 2.16. The Balaban J connectivity index is 1.68. The zero-order valence-corrected chi connectivity index (χ0v) is 13.6. The van der Waals surface area contributed by atoms with Crippen LogP contribution in [-0.2, 0) is 11.3 Å². The van der Waals surface area contributed by atoms with Gasteiger partial charge < -0.3 is 10.6 Å². The van der Waals surface area contributed by atoms with Crippen LogP contribution in [-0.4, -0.2) is 33.4 Å². The van der Waals surface area contributed by atoms with Gasteiger partial charge in [0.15, 0.2) is 0 Å². The number of benzene rings is 1. The molecule has 0 fully saturated rings. The highest BCUT2D eigenvalue weighted by Crippen LogP contribution is 2.31. The molecule has 2 N–H and O–H groups in total. The van der Waals surface area contributed by atoms with Gasteiger partial charge in [-0.05, 0) is 31.2 Å². The molecule has 1 aliphatic rings. The molecule has 1 aromatic heterocycles. The van der Waals surface area contributed by atoms with Crippen LogP contribution in [0.4, 0.5) is 5.69 Å². The Bertz CT molecular complexity index is 715. The molecule has 3 rings (SSSR count). The Morgan fingerprint density at radius 2 is 2.39 bits per heavy atom. The molecule has 2 heterocycles. The highest BCUT2D eigenvalue weighted by molar-refractivity contribution is 7.99. The average Bonchev–Trinajstić information content (AvgIpc) is 2.93. The maximum Gasteiger partial charge on any atom is 0.251 e. The van der Waals surface area contributed by atoms with Gasteiger partial charge in [0, 0.05) is 41.1 Å². The van der Waals surface area contributed by atoms with Crippen LogP contribution in [0.25, 0.3) is 0 Å². The van der Waals surface area contributed by atoms with Crippen LogP contribution in [0.3, 0.4) is 0 Å². The molecule has 0 radical (unpaired) electrons. The third kappa shape index (κ3) is 3.92. The number of hydrogen-bond acceptors (Lipinski definition) is 4. The largest absolute Gasteiger partial charge is 0.348 e. The van der Waals surface area contributed by atoms with Crippen molar-refractivity contribution < 1.29 is 9.59 Å². The summed E-state index contributed by atoms with van der Waals surface area (Å²) in [5.41, 5.74) is 1.25. The Labute approximate surface area is 138 Å². The predicted molar refractivity (Wildman–Crippen MR) is 89.6 cm³/mol. The first-order chi connectivity index (χ1) is 11.1. The van der Waals surface area contributed by atoms with Crippen LogP contribution in [0.5, 0.6) is 0 Å². The molecule has 6 nitrogen and oxygen atoms in total. The number of amides is 2. The number of carbonyl (C=O) groups is 2. The summed E-state index contributed by atoms with van der Waals surface area (Å²) in [7, 11) is 0. The van der Waals surface area contributed by atoms with Gasteiger partial charge in [-0.1, -0.05) is 0 Å². The van der Waals surface area contributed by atoms with E-state index in [4.69, 9.17) is 0 Å². The molecule has 2 amide bonds. The fourth-order valence-corrected chi connectivity index (χ4v) is 3.34. The molecule has 0 bridgehead atoms. The van der Waals surface area contributed by atoms with Crippen LogP contribution in [0.15, 0.2) is 41.6 Å². The summed E-state index contributed by atoms with van der Waals surface area (Å²) >= 11 is 1.62. The SMILES string of the molecule is CC(Cn1cccn1)NC(=O)c1ccc2c(c1)NC(=O)CCS2. The molecule has 0 aliphatic carbocycles. The van der Waals surface area contributed by atoms with Crippen molar-refractivity contribution in [1.29, 1.82) is 0 Å². The number of anilines is 1. The number of nitrogens with zero attached hydrogens (tertiary/aromatic N) is 2. The fourth-order valence-electron chi connectivity index (χ4n) is 2.40. The van der Waals surface area contributed by atoms with Crippen LogP contribution < -0.4 is 10.6 Å². The van der Waals surface area contributed by atoms with E-state index in [-0.39, 0.29) is 17.9 Å². The minimum atomic E-state index is -0.157. The van der Waals surface area contributed by atoms with Gasteiger partial charge >= 0.3 is 0 Å². The molecule has 1 unspecified atom stereocenters. The third-order valence-corrected chi connectivity index (χ3v) is 4.58. The van der Waals surface area contributed by atoms with E-state index >= 15 is 0 Å². The molecule has 0 saturated heterocycles. The van der Waals surface area contributed by atoms with Crippen molar-refractivity contribution in [2.75, 3.05) is 11.1 Å². The molecule has 120 valence electrons. The maximum atomic E-state index is 12.4. The first-order valence-electron chi connectivity index (χ1n) is 7.47. The second-order valence-corrected chi connectivity index (χ2v) is 6.60. The minimum absolute atomic E-state index is 0.0131. The normalized spacial score (nSPS) is 15.3. The van der Waals surface area contributed by atoms with E-state index in [0.717, 1.165) is 10.6 Å². The summed E-state index contributed by atoms with van der Waals surface area (Å²) in [6.07, 6.45) is 4.06. The molecular weight excluding hydrogens is 312 g/mol. The van der Waals surface area contributed by atoms with Gasteiger partial charge in [-0.15, -0.1) is 11.8 Å². The summed E-state index contributed by atoms with van der Waals surface area (Å²) < 4.78 is 1.78. The second kappa shape index (κ2) is 6.87. The van der Waals surface area contributed by atoms with Gasteiger partial charge in [0.05, 0.1) is 12.2 Å². The zero-order valence-electron chi connectivity index (χ0n) is 12.8. The number of aromatic nitrogens is 2. The molecule has 1 aliphatic heterocycles. The fraction of sp³-hybridized carbons (Fsp3) is 0.312. The Morgan fingerprint density at radius 3 is 3.17 bits per heavy atom. The highest BCUT2D eigenvalue weighted by atomic mass is 32.2. The number of rotatable bonds is 4. The second-order valence-electron chi connectivity index (χ2n) is 5.46. The summed E-state index contributed by atoms with van der Waals surface area (Å²) in [4.78, 5) is 25.0. The smallest absolute Gasteiger partial charge is 0.251 e. The summed E-state index contributed by atoms with van der Waals surface area (Å²) in [5.74, 6) is 0.586. The third-order valence-electron chi connectivity index (χ3n) is 3.50. The van der Waals surface area contributed by atoms with Crippen molar-refractivity contribution in [3.05, 3.63) is 42.2 Å². The van der Waals surface area contributed by atoms with Crippen LogP contribution in [0.2, 0.25) is 0 Å². The Hall–Kier alpha value is -2.28. The number of hydrogen-bond donors (Lipinski definition) is 2. The van der Waals surface area contributed by atoms with Gasteiger partial charge in [0.2, 0.25) is 5.91 Å². The lowest BCUT2D eigenvalue weighted by Gasteiger charge is -2.15. The number of carbonyl (C=O) groups excluding carboxylic acids is 2. The lowest BCUT2D eigenvalue weighted by atomic mass is 10.1. The maximum absolute atomic E-state index is 12.4. The van der Waals surface area contributed by atoms with Gasteiger partial charge in [0.25, 0.3) is 5.91 Å². The molecule has 23 heavy (non-hydrogen) atoms. The summed E-state index contributed by atoms with van der Waals surface area (Å²) in [6.45, 7) is 2.54. The molecular formula is C16H18N4O2S. The summed E-state index contributed by atoms with van der Waals surface area (Å²) in [5, 5.41) is 9.93. The van der Waals surface area contributed by atoms with Crippen LogP contribution in [0, 0.1) is 0 Å². The number of thioether (sulfide) groups is 1. The van der Waals surface area contributed by atoms with E-state index in [1.165, 1.54) is 0 Å². The molecule has 0 spiro atoms. The lowest BCUT2D eigenvalue weighted by Crippen LogP contribution is -2.35. The molecule has 7 heteroatoms. The standard InChI is InChI=1S/C16H18N4O2S/c1-11(10-20-7-2-6-17-20)18-16(22)12-3-4-14-13(9-12)19-15(21)5-8-23-14/h2-4,6-7,9,11H,5,8,10H2,1H3,(H,18,22)(H,19,21). The number of fused-ring (bicyclic) bond motifs is 1. The molecule has 2 aromatic rings.